The number of anilines is 2. The SMILES string of the molecule is CCOC(=O)N1CCC(NC(=O)c2ccc(N3C[C@H]4C[C@@H](C3)c3cccc(=O)n3C4)c(NC(=O)c3ccc(F)cc3)c2)CC1. The van der Waals surface area contributed by atoms with E-state index >= 15 is 0 Å². The third-order valence-electron chi connectivity index (χ3n) is 8.79. The lowest BCUT2D eigenvalue weighted by atomic mass is 9.83. The molecule has 4 heterocycles. The first-order chi connectivity index (χ1) is 21.3. The largest absolute Gasteiger partial charge is 0.450 e. The van der Waals surface area contributed by atoms with Gasteiger partial charge in [0.1, 0.15) is 5.82 Å². The van der Waals surface area contributed by atoms with Crippen molar-refractivity contribution in [3.8, 4) is 0 Å². The normalized spacial score (nSPS) is 19.6. The van der Waals surface area contributed by atoms with Crippen molar-refractivity contribution < 1.29 is 23.5 Å². The number of amides is 3. The first-order valence-corrected chi connectivity index (χ1v) is 15.2. The molecule has 3 amide bonds. The summed E-state index contributed by atoms with van der Waals surface area (Å²) in [5.41, 5.74) is 2.98. The second kappa shape index (κ2) is 12.5. The molecule has 2 fully saturated rings. The van der Waals surface area contributed by atoms with E-state index in [1.165, 1.54) is 24.3 Å². The number of halogens is 1. The van der Waals surface area contributed by atoms with Gasteiger partial charge in [0.2, 0.25) is 0 Å². The van der Waals surface area contributed by atoms with Gasteiger partial charge >= 0.3 is 6.09 Å². The Bertz CT molecular complexity index is 1620. The fraction of sp³-hybridized carbons (Fsp3) is 0.394. The van der Waals surface area contributed by atoms with Gasteiger partial charge in [-0.05, 0) is 80.6 Å². The van der Waals surface area contributed by atoms with Crippen LogP contribution in [0.25, 0.3) is 0 Å². The standard InChI is InChI=1S/C33H36FN5O5/c1-2-44-33(43)37-14-12-26(13-15-37)35-32(42)23-8-11-29(27(17-23)36-31(41)22-6-9-25(34)10-7-22)38-18-21-16-24(20-38)28-4-3-5-30(40)39(28)19-21/h3-11,17,21,24,26H,2,12-16,18-20H2,1H3,(H,35,42)(H,36,41)/t21-,24+/m1/s1. The number of hydrogen-bond donors (Lipinski definition) is 2. The molecule has 0 unspecified atom stereocenters. The Labute approximate surface area is 254 Å². The number of nitrogens with zero attached hydrogens (tertiary/aromatic N) is 3. The maximum absolute atomic E-state index is 13.5. The van der Waals surface area contributed by atoms with Crippen LogP contribution in [-0.2, 0) is 11.3 Å². The molecular weight excluding hydrogens is 565 g/mol. The highest BCUT2D eigenvalue weighted by atomic mass is 19.1. The van der Waals surface area contributed by atoms with E-state index in [1.807, 2.05) is 16.7 Å². The summed E-state index contributed by atoms with van der Waals surface area (Å²) in [4.78, 5) is 55.0. The number of benzene rings is 2. The summed E-state index contributed by atoms with van der Waals surface area (Å²) >= 11 is 0. The molecule has 230 valence electrons. The van der Waals surface area contributed by atoms with Gasteiger partial charge in [-0.15, -0.1) is 0 Å². The maximum atomic E-state index is 13.5. The Kier molecular flexibility index (Phi) is 8.36. The van der Waals surface area contributed by atoms with Crippen molar-refractivity contribution in [1.82, 2.24) is 14.8 Å². The second-order valence-corrected chi connectivity index (χ2v) is 11.7. The summed E-state index contributed by atoms with van der Waals surface area (Å²) in [6.45, 7) is 5.06. The maximum Gasteiger partial charge on any atom is 0.409 e. The molecular formula is C33H36FN5O5. The molecule has 2 saturated heterocycles. The zero-order valence-electron chi connectivity index (χ0n) is 24.6. The second-order valence-electron chi connectivity index (χ2n) is 11.7. The number of ether oxygens (including phenoxy) is 1. The minimum absolute atomic E-state index is 0.0137. The molecule has 1 aromatic heterocycles. The van der Waals surface area contributed by atoms with Crippen molar-refractivity contribution in [1.29, 1.82) is 0 Å². The van der Waals surface area contributed by atoms with E-state index in [0.29, 0.717) is 69.0 Å². The number of rotatable bonds is 6. The van der Waals surface area contributed by atoms with Gasteiger partial charge in [0.25, 0.3) is 17.4 Å². The van der Waals surface area contributed by atoms with Gasteiger partial charge in [-0.3, -0.25) is 14.4 Å². The lowest BCUT2D eigenvalue weighted by Gasteiger charge is -2.44. The van der Waals surface area contributed by atoms with Crippen LogP contribution < -0.4 is 21.1 Å². The quantitative estimate of drug-likeness (QED) is 0.438. The van der Waals surface area contributed by atoms with E-state index in [2.05, 4.69) is 15.5 Å². The van der Waals surface area contributed by atoms with Crippen LogP contribution in [0.15, 0.2) is 65.5 Å². The monoisotopic (exact) mass is 601 g/mol. The van der Waals surface area contributed by atoms with E-state index in [0.717, 1.165) is 17.8 Å². The first kappa shape index (κ1) is 29.4. The molecule has 0 spiro atoms. The third kappa shape index (κ3) is 6.17. The molecule has 2 bridgehead atoms. The highest BCUT2D eigenvalue weighted by molar-refractivity contribution is 6.07. The van der Waals surface area contributed by atoms with Crippen molar-refractivity contribution in [2.75, 3.05) is 43.0 Å². The predicted octanol–water partition coefficient (Wildman–Crippen LogP) is 4.21. The molecule has 3 aliphatic rings. The predicted molar refractivity (Wildman–Crippen MR) is 164 cm³/mol. The molecule has 3 aromatic rings. The number of carbonyl (C=O) groups excluding carboxylic acids is 3. The lowest BCUT2D eigenvalue weighted by molar-refractivity contribution is 0.0859. The van der Waals surface area contributed by atoms with Crippen molar-refractivity contribution in [3.63, 3.8) is 0 Å². The van der Waals surface area contributed by atoms with E-state index in [4.69, 9.17) is 4.74 Å². The smallest absolute Gasteiger partial charge is 0.409 e. The fourth-order valence-corrected chi connectivity index (χ4v) is 6.63. The zero-order chi connectivity index (χ0) is 30.8. The van der Waals surface area contributed by atoms with E-state index in [1.54, 1.807) is 36.1 Å². The number of fused-ring (bicyclic) bond motifs is 4. The van der Waals surface area contributed by atoms with Gasteiger partial charge in [-0.25, -0.2) is 9.18 Å². The van der Waals surface area contributed by atoms with Crippen LogP contribution in [-0.4, -0.2) is 66.2 Å². The van der Waals surface area contributed by atoms with Crippen molar-refractivity contribution in [3.05, 3.63) is 93.7 Å². The van der Waals surface area contributed by atoms with Gasteiger partial charge in [0, 0.05) is 67.6 Å². The topological polar surface area (TPSA) is 113 Å². The van der Waals surface area contributed by atoms with Gasteiger partial charge in [-0.2, -0.15) is 0 Å². The molecule has 6 rings (SSSR count). The van der Waals surface area contributed by atoms with E-state index < -0.39 is 11.7 Å². The van der Waals surface area contributed by atoms with E-state index in [-0.39, 0.29) is 35.4 Å². The molecule has 44 heavy (non-hydrogen) atoms. The average Bonchev–Trinajstić information content (AvgIpc) is 3.02. The molecule has 0 radical (unpaired) electrons. The molecule has 3 aliphatic heterocycles. The highest BCUT2D eigenvalue weighted by Crippen LogP contribution is 2.39. The Morgan fingerprint density at radius 2 is 1.68 bits per heavy atom. The Hall–Kier alpha value is -4.67. The van der Waals surface area contributed by atoms with Crippen molar-refractivity contribution >= 4 is 29.3 Å². The van der Waals surface area contributed by atoms with Gasteiger partial charge < -0.3 is 29.7 Å². The Morgan fingerprint density at radius 1 is 0.932 bits per heavy atom. The van der Waals surface area contributed by atoms with Crippen LogP contribution in [0, 0.1) is 11.7 Å². The number of pyridine rings is 1. The van der Waals surface area contributed by atoms with Crippen LogP contribution in [0.1, 0.15) is 58.5 Å². The number of carbonyl (C=O) groups is 3. The third-order valence-corrected chi connectivity index (χ3v) is 8.79. The van der Waals surface area contributed by atoms with Crippen molar-refractivity contribution in [2.45, 2.75) is 44.7 Å². The molecule has 0 aliphatic carbocycles. The van der Waals surface area contributed by atoms with Gasteiger partial charge in [0.05, 0.1) is 18.0 Å². The molecule has 2 N–H and O–H groups in total. The molecule has 11 heteroatoms. The zero-order valence-corrected chi connectivity index (χ0v) is 24.6. The number of nitrogens with one attached hydrogen (secondary N) is 2. The number of piperidine rings is 2. The van der Waals surface area contributed by atoms with Crippen LogP contribution in [0.4, 0.5) is 20.6 Å². The van der Waals surface area contributed by atoms with Crippen LogP contribution in [0.5, 0.6) is 0 Å². The number of hydrogen-bond acceptors (Lipinski definition) is 6. The van der Waals surface area contributed by atoms with Crippen molar-refractivity contribution in [2.24, 2.45) is 5.92 Å². The fourth-order valence-electron chi connectivity index (χ4n) is 6.63. The summed E-state index contributed by atoms with van der Waals surface area (Å²) in [6, 6.07) is 15.9. The lowest BCUT2D eigenvalue weighted by Crippen LogP contribution is -2.47. The number of likely N-dealkylation sites (tertiary alicyclic amines) is 1. The van der Waals surface area contributed by atoms with E-state index in [9.17, 15) is 23.6 Å². The Balaban J connectivity index is 1.23. The average molecular weight is 602 g/mol. The van der Waals surface area contributed by atoms with Gasteiger partial charge in [-0.1, -0.05) is 6.07 Å². The van der Waals surface area contributed by atoms with Crippen LogP contribution in [0.3, 0.4) is 0 Å². The summed E-state index contributed by atoms with van der Waals surface area (Å²) in [7, 11) is 0. The highest BCUT2D eigenvalue weighted by Gasteiger charge is 2.35. The van der Waals surface area contributed by atoms with Crippen LogP contribution >= 0.6 is 0 Å². The summed E-state index contributed by atoms with van der Waals surface area (Å²) in [5, 5.41) is 6.05. The summed E-state index contributed by atoms with van der Waals surface area (Å²) in [6.07, 6.45) is 1.86. The first-order valence-electron chi connectivity index (χ1n) is 15.2. The molecule has 2 aromatic carbocycles. The number of aromatic nitrogens is 1. The minimum Gasteiger partial charge on any atom is -0.450 e. The van der Waals surface area contributed by atoms with Gasteiger partial charge in [0.15, 0.2) is 0 Å². The molecule has 0 saturated carbocycles. The summed E-state index contributed by atoms with van der Waals surface area (Å²) in [5.74, 6) is -0.712. The van der Waals surface area contributed by atoms with Crippen LogP contribution in [0.2, 0.25) is 0 Å². The minimum atomic E-state index is -0.437. The molecule has 10 nitrogen and oxygen atoms in total. The Morgan fingerprint density at radius 3 is 2.43 bits per heavy atom. The summed E-state index contributed by atoms with van der Waals surface area (Å²) < 4.78 is 20.5. The molecule has 2 atom stereocenters.